The average Bonchev–Trinajstić information content (AvgIpc) is 2.98. The van der Waals surface area contributed by atoms with Crippen LogP contribution in [0.15, 0.2) is 6.33 Å². The lowest BCUT2D eigenvalue weighted by atomic mass is 10.1. The Labute approximate surface area is 97.8 Å². The van der Waals surface area contributed by atoms with Gasteiger partial charge in [-0.3, -0.25) is 14.7 Å². The van der Waals surface area contributed by atoms with E-state index in [1.54, 1.807) is 4.90 Å². The summed E-state index contributed by atoms with van der Waals surface area (Å²) >= 11 is 0. The predicted molar refractivity (Wildman–Crippen MR) is 57.0 cm³/mol. The normalized spacial score (nSPS) is 24.0. The number of aromatic amines is 1. The molecule has 1 aromatic rings. The van der Waals surface area contributed by atoms with Gasteiger partial charge in [-0.1, -0.05) is 0 Å². The number of carbonyl (C=O) groups excluding carboxylic acids is 2. The Kier molecular flexibility index (Phi) is 2.31. The van der Waals surface area contributed by atoms with Gasteiger partial charge in [-0.25, -0.2) is 4.98 Å². The zero-order chi connectivity index (χ0) is 11.8. The number of amides is 2. The van der Waals surface area contributed by atoms with E-state index in [4.69, 9.17) is 0 Å². The van der Waals surface area contributed by atoms with E-state index in [9.17, 15) is 9.59 Å². The second-order valence-corrected chi connectivity index (χ2v) is 4.36. The lowest BCUT2D eigenvalue weighted by Gasteiger charge is -2.37. The van der Waals surface area contributed by atoms with E-state index in [0.717, 1.165) is 6.42 Å². The maximum Gasteiger partial charge on any atom is 0.291 e. The average molecular weight is 235 g/mol. The Hall–Kier alpha value is -1.92. The lowest BCUT2D eigenvalue weighted by molar-refractivity contribution is -0.130. The molecule has 1 atom stereocenters. The molecule has 17 heavy (non-hydrogen) atoms. The molecule has 0 aromatic carbocycles. The van der Waals surface area contributed by atoms with Crippen LogP contribution in [0.1, 0.15) is 23.5 Å². The zero-order valence-corrected chi connectivity index (χ0v) is 9.30. The number of hydrogen-bond donors (Lipinski definition) is 1. The lowest BCUT2D eigenvalue weighted by Crippen LogP contribution is -2.53. The summed E-state index contributed by atoms with van der Waals surface area (Å²) in [6.45, 7) is 1.80. The summed E-state index contributed by atoms with van der Waals surface area (Å²) in [5, 5.41) is 6.24. The molecule has 7 nitrogen and oxygen atoms in total. The Morgan fingerprint density at radius 2 is 2.35 bits per heavy atom. The van der Waals surface area contributed by atoms with Gasteiger partial charge in [-0.05, 0) is 6.42 Å². The predicted octanol–water partition coefficient (Wildman–Crippen LogP) is -0.749. The van der Waals surface area contributed by atoms with E-state index in [1.165, 1.54) is 6.33 Å². The van der Waals surface area contributed by atoms with Crippen LogP contribution in [0.25, 0.3) is 0 Å². The molecule has 0 spiro atoms. The van der Waals surface area contributed by atoms with Crippen LogP contribution in [0.3, 0.4) is 0 Å². The summed E-state index contributed by atoms with van der Waals surface area (Å²) in [6, 6.07) is 0.183. The molecule has 0 bridgehead atoms. The van der Waals surface area contributed by atoms with Gasteiger partial charge in [0.25, 0.3) is 5.91 Å². The third-order valence-electron chi connectivity index (χ3n) is 3.40. The van der Waals surface area contributed by atoms with Gasteiger partial charge in [0.1, 0.15) is 6.33 Å². The van der Waals surface area contributed by atoms with E-state index >= 15 is 0 Å². The van der Waals surface area contributed by atoms with E-state index in [-0.39, 0.29) is 23.7 Å². The van der Waals surface area contributed by atoms with Crippen molar-refractivity contribution in [2.45, 2.75) is 18.9 Å². The van der Waals surface area contributed by atoms with Crippen LogP contribution in [0.4, 0.5) is 0 Å². The molecule has 3 heterocycles. The first kappa shape index (κ1) is 10.2. The fraction of sp³-hybridized carbons (Fsp3) is 0.600. The van der Waals surface area contributed by atoms with Crippen LogP contribution in [0, 0.1) is 0 Å². The van der Waals surface area contributed by atoms with Crippen LogP contribution in [0.5, 0.6) is 0 Å². The first-order valence-electron chi connectivity index (χ1n) is 5.70. The van der Waals surface area contributed by atoms with E-state index in [2.05, 4.69) is 15.2 Å². The minimum Gasteiger partial charge on any atom is -0.336 e. The highest BCUT2D eigenvalue weighted by Crippen LogP contribution is 2.23. The minimum atomic E-state index is -0.138. The number of piperazine rings is 1. The number of rotatable bonds is 1. The molecule has 3 rings (SSSR count). The first-order valence-corrected chi connectivity index (χ1v) is 5.70. The maximum atomic E-state index is 12.0. The molecule has 7 heteroatoms. The van der Waals surface area contributed by atoms with Gasteiger partial charge in [0.15, 0.2) is 0 Å². The highest BCUT2D eigenvalue weighted by Gasteiger charge is 2.37. The summed E-state index contributed by atoms with van der Waals surface area (Å²) in [7, 11) is 0. The summed E-state index contributed by atoms with van der Waals surface area (Å²) in [6.07, 6.45) is 2.77. The van der Waals surface area contributed by atoms with Crippen molar-refractivity contribution < 1.29 is 9.59 Å². The Bertz CT molecular complexity index is 444. The van der Waals surface area contributed by atoms with Crippen LogP contribution < -0.4 is 0 Å². The zero-order valence-electron chi connectivity index (χ0n) is 9.30. The quantitative estimate of drug-likeness (QED) is 0.694. The molecule has 90 valence electrons. The molecule has 2 aliphatic heterocycles. The van der Waals surface area contributed by atoms with Crippen LogP contribution in [-0.2, 0) is 4.79 Å². The standard InChI is InChI=1S/C10H13N5O2/c16-8-2-1-7-5-14(3-4-15(7)8)10(17)9-11-6-12-13-9/h6-7H,1-5H2,(H,11,12,13). The number of nitrogens with one attached hydrogen (secondary N) is 1. The topological polar surface area (TPSA) is 82.2 Å². The van der Waals surface area contributed by atoms with E-state index in [0.29, 0.717) is 26.1 Å². The second kappa shape index (κ2) is 3.83. The van der Waals surface area contributed by atoms with Crippen molar-refractivity contribution >= 4 is 11.8 Å². The monoisotopic (exact) mass is 235 g/mol. The van der Waals surface area contributed by atoms with Gasteiger partial charge >= 0.3 is 0 Å². The van der Waals surface area contributed by atoms with Gasteiger partial charge in [0.2, 0.25) is 11.7 Å². The Morgan fingerprint density at radius 3 is 3.12 bits per heavy atom. The number of H-pyrrole nitrogens is 1. The molecule has 0 aliphatic carbocycles. The van der Waals surface area contributed by atoms with Gasteiger partial charge in [-0.2, -0.15) is 5.10 Å². The molecule has 2 aliphatic rings. The number of nitrogens with zero attached hydrogens (tertiary/aromatic N) is 4. The van der Waals surface area contributed by atoms with Crippen LogP contribution >= 0.6 is 0 Å². The molecule has 1 unspecified atom stereocenters. The summed E-state index contributed by atoms with van der Waals surface area (Å²) in [4.78, 5) is 31.0. The molecular weight excluding hydrogens is 222 g/mol. The first-order chi connectivity index (χ1) is 8.25. The molecule has 2 amide bonds. The summed E-state index contributed by atoms with van der Waals surface area (Å²) in [5.74, 6) is 0.339. The largest absolute Gasteiger partial charge is 0.336 e. The fourth-order valence-corrected chi connectivity index (χ4v) is 2.51. The number of fused-ring (bicyclic) bond motifs is 1. The SMILES string of the molecule is O=C(c1ncn[nH]1)N1CCN2C(=O)CCC2C1. The number of carbonyl (C=O) groups is 2. The second-order valence-electron chi connectivity index (χ2n) is 4.36. The summed E-state index contributed by atoms with van der Waals surface area (Å²) < 4.78 is 0. The van der Waals surface area contributed by atoms with Gasteiger partial charge in [0.05, 0.1) is 0 Å². The Balaban J connectivity index is 1.71. The Morgan fingerprint density at radius 1 is 1.47 bits per heavy atom. The van der Waals surface area contributed by atoms with E-state index in [1.807, 2.05) is 4.90 Å². The third-order valence-corrected chi connectivity index (χ3v) is 3.40. The van der Waals surface area contributed by atoms with Crippen LogP contribution in [0.2, 0.25) is 0 Å². The molecule has 2 saturated heterocycles. The molecule has 0 radical (unpaired) electrons. The molecule has 1 aromatic heterocycles. The number of hydrogen-bond acceptors (Lipinski definition) is 4. The van der Waals surface area contributed by atoms with E-state index < -0.39 is 0 Å². The van der Waals surface area contributed by atoms with Crippen molar-refractivity contribution in [3.05, 3.63) is 12.2 Å². The van der Waals surface area contributed by atoms with Crippen molar-refractivity contribution in [2.24, 2.45) is 0 Å². The maximum absolute atomic E-state index is 12.0. The molecule has 1 N–H and O–H groups in total. The van der Waals surface area contributed by atoms with Crippen molar-refractivity contribution in [1.82, 2.24) is 25.0 Å². The van der Waals surface area contributed by atoms with Crippen molar-refractivity contribution in [2.75, 3.05) is 19.6 Å². The third kappa shape index (κ3) is 1.67. The fourth-order valence-electron chi connectivity index (χ4n) is 2.51. The molecule has 0 saturated carbocycles. The van der Waals surface area contributed by atoms with Gasteiger partial charge < -0.3 is 9.80 Å². The smallest absolute Gasteiger partial charge is 0.291 e. The molecule has 2 fully saturated rings. The highest BCUT2D eigenvalue weighted by atomic mass is 16.2. The number of aromatic nitrogens is 3. The minimum absolute atomic E-state index is 0.138. The summed E-state index contributed by atoms with van der Waals surface area (Å²) in [5.41, 5.74) is 0. The van der Waals surface area contributed by atoms with Gasteiger partial charge in [-0.15, -0.1) is 0 Å². The highest BCUT2D eigenvalue weighted by molar-refractivity contribution is 5.90. The van der Waals surface area contributed by atoms with Gasteiger partial charge in [0, 0.05) is 32.1 Å². The van der Waals surface area contributed by atoms with Crippen molar-refractivity contribution in [3.8, 4) is 0 Å². The van der Waals surface area contributed by atoms with Crippen molar-refractivity contribution in [1.29, 1.82) is 0 Å². The molecular formula is C10H13N5O2. The van der Waals surface area contributed by atoms with Crippen molar-refractivity contribution in [3.63, 3.8) is 0 Å². The van der Waals surface area contributed by atoms with Crippen LogP contribution in [-0.4, -0.2) is 62.5 Å².